The van der Waals surface area contributed by atoms with Crippen molar-refractivity contribution >= 4 is 5.82 Å². The van der Waals surface area contributed by atoms with E-state index in [1.54, 1.807) is 6.92 Å². The number of nitrogens with one attached hydrogen (secondary N) is 1. The van der Waals surface area contributed by atoms with Crippen molar-refractivity contribution in [2.24, 2.45) is 11.3 Å². The van der Waals surface area contributed by atoms with Gasteiger partial charge in [0, 0.05) is 6.04 Å². The molecule has 0 spiro atoms. The van der Waals surface area contributed by atoms with Crippen molar-refractivity contribution in [3.05, 3.63) is 17.6 Å². The van der Waals surface area contributed by atoms with Gasteiger partial charge in [-0.1, -0.05) is 27.7 Å². The largest absolute Gasteiger partial charge is 0.421 e. The zero-order valence-electron chi connectivity index (χ0n) is 14.3. The molecule has 1 N–H and O–H groups in total. The lowest BCUT2D eigenvalue weighted by Crippen LogP contribution is -2.32. The topological polar surface area (TPSA) is 37.8 Å². The summed E-state index contributed by atoms with van der Waals surface area (Å²) in [6, 6.07) is 0.0503. The standard InChI is InChI=1S/C17H26F3N3/c1-5-13-14(17(18,19)20)15(22-10-21-13)23-12-8-6-11(7-9-12)16(2,3)4/h10-12H,5-9H2,1-4H3,(H,21,22,23). The van der Waals surface area contributed by atoms with Crippen LogP contribution in [-0.2, 0) is 12.6 Å². The minimum Gasteiger partial charge on any atom is -0.367 e. The van der Waals surface area contributed by atoms with Crippen LogP contribution >= 0.6 is 0 Å². The molecule has 0 saturated heterocycles. The molecule has 2 rings (SSSR count). The summed E-state index contributed by atoms with van der Waals surface area (Å²) in [5.41, 5.74) is -0.398. The lowest BCUT2D eigenvalue weighted by molar-refractivity contribution is -0.138. The molecule has 1 heterocycles. The Morgan fingerprint density at radius 1 is 1.09 bits per heavy atom. The Labute approximate surface area is 136 Å². The van der Waals surface area contributed by atoms with Crippen molar-refractivity contribution in [2.45, 2.75) is 72.0 Å². The van der Waals surface area contributed by atoms with E-state index in [-0.39, 0.29) is 29.4 Å². The number of hydrogen-bond acceptors (Lipinski definition) is 3. The molecule has 23 heavy (non-hydrogen) atoms. The molecule has 0 atom stereocenters. The van der Waals surface area contributed by atoms with Gasteiger partial charge < -0.3 is 5.32 Å². The fraction of sp³-hybridized carbons (Fsp3) is 0.765. The Morgan fingerprint density at radius 2 is 1.70 bits per heavy atom. The Kier molecular flexibility index (Phi) is 5.21. The molecule has 0 radical (unpaired) electrons. The molecule has 6 heteroatoms. The Hall–Kier alpha value is -1.33. The molecule has 1 aliphatic rings. The van der Waals surface area contributed by atoms with Crippen molar-refractivity contribution in [2.75, 3.05) is 5.32 Å². The Bertz CT molecular complexity index is 527. The lowest BCUT2D eigenvalue weighted by atomic mass is 9.71. The van der Waals surface area contributed by atoms with Crippen LogP contribution in [0, 0.1) is 11.3 Å². The molecule has 0 aromatic carbocycles. The summed E-state index contributed by atoms with van der Waals surface area (Å²) in [5, 5.41) is 3.03. The highest BCUT2D eigenvalue weighted by atomic mass is 19.4. The average Bonchev–Trinajstić information content (AvgIpc) is 2.45. The SMILES string of the molecule is CCc1ncnc(NC2CCC(C(C)(C)C)CC2)c1C(F)(F)F. The smallest absolute Gasteiger partial charge is 0.367 e. The van der Waals surface area contributed by atoms with Crippen LogP contribution in [0.1, 0.15) is 64.6 Å². The van der Waals surface area contributed by atoms with Crippen LogP contribution in [-0.4, -0.2) is 16.0 Å². The van der Waals surface area contributed by atoms with Crippen LogP contribution in [0.5, 0.6) is 0 Å². The second-order valence-corrected chi connectivity index (χ2v) is 7.45. The summed E-state index contributed by atoms with van der Waals surface area (Å²) >= 11 is 0. The van der Waals surface area contributed by atoms with E-state index in [1.165, 1.54) is 6.33 Å². The van der Waals surface area contributed by atoms with E-state index in [4.69, 9.17) is 0 Å². The number of anilines is 1. The maximum Gasteiger partial charge on any atom is 0.421 e. The third-order valence-electron chi connectivity index (χ3n) is 4.84. The molecular formula is C17H26F3N3. The van der Waals surface area contributed by atoms with Crippen molar-refractivity contribution in [3.63, 3.8) is 0 Å². The number of alkyl halides is 3. The number of hydrogen-bond donors (Lipinski definition) is 1. The molecule has 0 unspecified atom stereocenters. The maximum absolute atomic E-state index is 13.3. The van der Waals surface area contributed by atoms with Crippen LogP contribution in [0.3, 0.4) is 0 Å². The molecule has 130 valence electrons. The van der Waals surface area contributed by atoms with Crippen molar-refractivity contribution in [1.29, 1.82) is 0 Å². The first-order valence-corrected chi connectivity index (χ1v) is 8.30. The third kappa shape index (κ3) is 4.36. The highest BCUT2D eigenvalue weighted by Gasteiger charge is 2.38. The predicted octanol–water partition coefficient (Wildman–Crippen LogP) is 5.07. The minimum absolute atomic E-state index is 0.0503. The third-order valence-corrected chi connectivity index (χ3v) is 4.84. The van der Waals surface area contributed by atoms with Gasteiger partial charge in [-0.3, -0.25) is 0 Å². The molecule has 1 aliphatic carbocycles. The molecule has 0 bridgehead atoms. The van der Waals surface area contributed by atoms with Crippen LogP contribution < -0.4 is 5.32 Å². The monoisotopic (exact) mass is 329 g/mol. The summed E-state index contributed by atoms with van der Waals surface area (Å²) in [7, 11) is 0. The summed E-state index contributed by atoms with van der Waals surface area (Å²) in [6.07, 6.45) is 0.857. The van der Waals surface area contributed by atoms with Crippen LogP contribution in [0.2, 0.25) is 0 Å². The van der Waals surface area contributed by atoms with E-state index in [0.29, 0.717) is 5.92 Å². The van der Waals surface area contributed by atoms with Crippen molar-refractivity contribution in [1.82, 2.24) is 9.97 Å². The van der Waals surface area contributed by atoms with Gasteiger partial charge in [-0.15, -0.1) is 0 Å². The first-order valence-electron chi connectivity index (χ1n) is 8.30. The predicted molar refractivity (Wildman–Crippen MR) is 85.2 cm³/mol. The molecule has 1 fully saturated rings. The highest BCUT2D eigenvalue weighted by molar-refractivity contribution is 5.48. The van der Waals surface area contributed by atoms with Gasteiger partial charge in [0.15, 0.2) is 0 Å². The zero-order valence-corrected chi connectivity index (χ0v) is 14.3. The lowest BCUT2D eigenvalue weighted by Gasteiger charge is -2.37. The van der Waals surface area contributed by atoms with E-state index in [2.05, 4.69) is 36.1 Å². The van der Waals surface area contributed by atoms with Gasteiger partial charge >= 0.3 is 6.18 Å². The van der Waals surface area contributed by atoms with Gasteiger partial charge in [0.1, 0.15) is 17.7 Å². The molecule has 3 nitrogen and oxygen atoms in total. The first kappa shape index (κ1) is 18.0. The van der Waals surface area contributed by atoms with Crippen LogP contribution in [0.25, 0.3) is 0 Å². The van der Waals surface area contributed by atoms with Gasteiger partial charge in [-0.05, 0) is 43.4 Å². The molecule has 1 aromatic heterocycles. The molecule has 1 aromatic rings. The van der Waals surface area contributed by atoms with Gasteiger partial charge in [0.25, 0.3) is 0 Å². The summed E-state index contributed by atoms with van der Waals surface area (Å²) in [4.78, 5) is 7.66. The van der Waals surface area contributed by atoms with Crippen LogP contribution in [0.15, 0.2) is 6.33 Å². The second kappa shape index (κ2) is 6.65. The number of aromatic nitrogens is 2. The van der Waals surface area contributed by atoms with Crippen LogP contribution in [0.4, 0.5) is 19.0 Å². The van der Waals surface area contributed by atoms with Crippen molar-refractivity contribution < 1.29 is 13.2 Å². The van der Waals surface area contributed by atoms with Gasteiger partial charge in [-0.2, -0.15) is 13.2 Å². The van der Waals surface area contributed by atoms with Gasteiger partial charge in [0.05, 0.1) is 5.69 Å². The molecule has 0 aliphatic heterocycles. The molecule has 1 saturated carbocycles. The number of halogens is 3. The summed E-state index contributed by atoms with van der Waals surface area (Å²) < 4.78 is 40.0. The number of aryl methyl sites for hydroxylation is 1. The number of rotatable bonds is 3. The van der Waals surface area contributed by atoms with E-state index in [9.17, 15) is 13.2 Å². The average molecular weight is 329 g/mol. The zero-order chi connectivity index (χ0) is 17.3. The highest BCUT2D eigenvalue weighted by Crippen LogP contribution is 2.40. The van der Waals surface area contributed by atoms with Gasteiger partial charge in [-0.25, -0.2) is 9.97 Å². The summed E-state index contributed by atoms with van der Waals surface area (Å²) in [5.74, 6) is 0.558. The first-order chi connectivity index (χ1) is 10.6. The fourth-order valence-corrected chi connectivity index (χ4v) is 3.39. The van der Waals surface area contributed by atoms with E-state index in [0.717, 1.165) is 25.7 Å². The Balaban J connectivity index is 2.13. The van der Waals surface area contributed by atoms with Gasteiger partial charge in [0.2, 0.25) is 0 Å². The molecule has 0 amide bonds. The van der Waals surface area contributed by atoms with Crippen molar-refractivity contribution in [3.8, 4) is 0 Å². The molecular weight excluding hydrogens is 303 g/mol. The quantitative estimate of drug-likeness (QED) is 0.841. The second-order valence-electron chi connectivity index (χ2n) is 7.45. The van der Waals surface area contributed by atoms with E-state index in [1.807, 2.05) is 0 Å². The maximum atomic E-state index is 13.3. The Morgan fingerprint density at radius 3 is 2.17 bits per heavy atom. The van der Waals surface area contributed by atoms with E-state index >= 15 is 0 Å². The number of nitrogens with zero attached hydrogens (tertiary/aromatic N) is 2. The fourth-order valence-electron chi connectivity index (χ4n) is 3.39. The minimum atomic E-state index is -4.43. The summed E-state index contributed by atoms with van der Waals surface area (Å²) in [6.45, 7) is 8.36. The normalized spacial score (nSPS) is 22.9. The van der Waals surface area contributed by atoms with E-state index < -0.39 is 11.7 Å².